The van der Waals surface area contributed by atoms with E-state index in [0.29, 0.717) is 0 Å². The molecule has 3 N–H and O–H groups in total. The van der Waals surface area contributed by atoms with Crippen LogP contribution >= 0.6 is 0 Å². The van der Waals surface area contributed by atoms with Gasteiger partial charge in [0.1, 0.15) is 0 Å². The number of rotatable bonds is 5. The van der Waals surface area contributed by atoms with Crippen molar-refractivity contribution < 1.29 is 13.5 Å². The van der Waals surface area contributed by atoms with E-state index >= 15 is 0 Å². The lowest BCUT2D eigenvalue weighted by Gasteiger charge is -2.08. The molecule has 0 aromatic heterocycles. The molecular formula is C19H23NO3S. The quantitative estimate of drug-likeness (QED) is 0.870. The smallest absolute Gasteiger partial charge is 0.183 e. The fourth-order valence-corrected chi connectivity index (χ4v) is 5.70. The number of sulfone groups is 1. The van der Waals surface area contributed by atoms with E-state index in [1.165, 1.54) is 5.56 Å². The third-order valence-electron chi connectivity index (χ3n) is 5.01. The summed E-state index contributed by atoms with van der Waals surface area (Å²) >= 11 is 0. The molecule has 3 rings (SSSR count). The van der Waals surface area contributed by atoms with E-state index in [1.54, 1.807) is 24.3 Å². The second-order valence-electron chi connectivity index (χ2n) is 6.62. The van der Waals surface area contributed by atoms with Crippen LogP contribution in [0.4, 0.5) is 0 Å². The molecule has 24 heavy (non-hydrogen) atoms. The molecule has 1 saturated carbocycles. The average Bonchev–Trinajstić information content (AvgIpc) is 3.23. The summed E-state index contributed by atoms with van der Waals surface area (Å²) in [6, 6.07) is 14.6. The Bertz CT molecular complexity index is 828. The lowest BCUT2D eigenvalue weighted by molar-refractivity contribution is 0.253. The molecule has 0 aliphatic heterocycles. The molecule has 4 nitrogen and oxygen atoms in total. The zero-order valence-corrected chi connectivity index (χ0v) is 14.8. The van der Waals surface area contributed by atoms with Crippen LogP contribution in [0, 0.1) is 6.92 Å². The second-order valence-corrected chi connectivity index (χ2v) is 8.69. The standard InChI is InChI=1S/C19H23NO3S/c1-3-14-6-8-15(9-7-14)17-18(19(17,20)12-21)24(22,23)16-10-4-13(2)5-11-16/h4-11,17-18,21H,3,12,20H2,1-2H3/t17-,18-,19+/m1/s1. The highest BCUT2D eigenvalue weighted by atomic mass is 32.2. The predicted molar refractivity (Wildman–Crippen MR) is 94.7 cm³/mol. The molecule has 128 valence electrons. The minimum Gasteiger partial charge on any atom is -0.394 e. The second kappa shape index (κ2) is 5.99. The van der Waals surface area contributed by atoms with E-state index in [2.05, 4.69) is 6.92 Å². The average molecular weight is 345 g/mol. The summed E-state index contributed by atoms with van der Waals surface area (Å²) in [6.45, 7) is 3.62. The van der Waals surface area contributed by atoms with E-state index in [0.717, 1.165) is 17.5 Å². The van der Waals surface area contributed by atoms with E-state index in [-0.39, 0.29) is 17.4 Å². The Hall–Kier alpha value is -1.69. The summed E-state index contributed by atoms with van der Waals surface area (Å²) in [6.07, 6.45) is 0.920. The maximum atomic E-state index is 13.0. The van der Waals surface area contributed by atoms with Crippen LogP contribution in [-0.2, 0) is 16.3 Å². The lowest BCUT2D eigenvalue weighted by Crippen LogP contribution is -2.35. The fourth-order valence-electron chi connectivity index (χ4n) is 3.40. The molecule has 0 unspecified atom stereocenters. The molecule has 2 aromatic carbocycles. The molecular weight excluding hydrogens is 322 g/mol. The number of hydrogen-bond acceptors (Lipinski definition) is 4. The van der Waals surface area contributed by atoms with Gasteiger partial charge in [-0.25, -0.2) is 8.42 Å². The van der Waals surface area contributed by atoms with E-state index < -0.39 is 20.6 Å². The van der Waals surface area contributed by atoms with Crippen LogP contribution in [0.25, 0.3) is 0 Å². The van der Waals surface area contributed by atoms with Gasteiger partial charge in [0.2, 0.25) is 0 Å². The normalized spacial score (nSPS) is 26.3. The first-order valence-electron chi connectivity index (χ1n) is 8.13. The Balaban J connectivity index is 1.98. The van der Waals surface area contributed by atoms with Crippen LogP contribution in [-0.4, -0.2) is 30.9 Å². The van der Waals surface area contributed by atoms with Gasteiger partial charge >= 0.3 is 0 Å². The molecule has 0 radical (unpaired) electrons. The summed E-state index contributed by atoms with van der Waals surface area (Å²) in [7, 11) is -3.60. The van der Waals surface area contributed by atoms with Crippen LogP contribution in [0.2, 0.25) is 0 Å². The Morgan fingerprint density at radius 3 is 2.17 bits per heavy atom. The fraction of sp³-hybridized carbons (Fsp3) is 0.368. The molecule has 5 heteroatoms. The molecule has 0 saturated heterocycles. The first kappa shape index (κ1) is 17.1. The highest BCUT2D eigenvalue weighted by Crippen LogP contribution is 2.55. The number of aliphatic hydroxyl groups is 1. The molecule has 0 heterocycles. The number of benzene rings is 2. The van der Waals surface area contributed by atoms with Crippen molar-refractivity contribution in [2.24, 2.45) is 5.73 Å². The van der Waals surface area contributed by atoms with Crippen molar-refractivity contribution in [3.8, 4) is 0 Å². The minimum absolute atomic E-state index is 0.258. The monoisotopic (exact) mass is 345 g/mol. The van der Waals surface area contributed by atoms with Gasteiger partial charge < -0.3 is 10.8 Å². The van der Waals surface area contributed by atoms with E-state index in [9.17, 15) is 13.5 Å². The molecule has 0 bridgehead atoms. The lowest BCUT2D eigenvalue weighted by atomic mass is 10.0. The van der Waals surface area contributed by atoms with Gasteiger partial charge in [0.25, 0.3) is 0 Å². The van der Waals surface area contributed by atoms with Gasteiger partial charge in [-0.1, -0.05) is 48.9 Å². The Labute approximate surface area is 143 Å². The molecule has 1 fully saturated rings. The van der Waals surface area contributed by atoms with Crippen molar-refractivity contribution in [1.29, 1.82) is 0 Å². The van der Waals surface area contributed by atoms with Crippen LogP contribution in [0.1, 0.15) is 29.5 Å². The SMILES string of the molecule is CCc1ccc([C@@H]2[C@@H](S(=O)(=O)c3ccc(C)cc3)[C@]2(N)CO)cc1. The third kappa shape index (κ3) is 2.66. The van der Waals surface area contributed by atoms with Gasteiger partial charge in [0, 0.05) is 5.92 Å². The van der Waals surface area contributed by atoms with Crippen molar-refractivity contribution in [3.63, 3.8) is 0 Å². The van der Waals surface area contributed by atoms with Gasteiger partial charge in [-0.15, -0.1) is 0 Å². The van der Waals surface area contributed by atoms with Crippen LogP contribution < -0.4 is 5.73 Å². The van der Waals surface area contributed by atoms with Gasteiger partial charge in [-0.2, -0.15) is 0 Å². The summed E-state index contributed by atoms with van der Waals surface area (Å²) < 4.78 is 26.0. The van der Waals surface area contributed by atoms with Gasteiger partial charge in [0.15, 0.2) is 9.84 Å². The Morgan fingerprint density at radius 2 is 1.67 bits per heavy atom. The predicted octanol–water partition coefficient (Wildman–Crippen LogP) is 2.19. The van der Waals surface area contributed by atoms with Crippen molar-refractivity contribution in [3.05, 3.63) is 65.2 Å². The summed E-state index contributed by atoms with van der Waals surface area (Å²) in [5.74, 6) is -0.389. The molecule has 1 aliphatic rings. The largest absolute Gasteiger partial charge is 0.394 e. The van der Waals surface area contributed by atoms with Crippen molar-refractivity contribution >= 4 is 9.84 Å². The van der Waals surface area contributed by atoms with Crippen molar-refractivity contribution in [2.75, 3.05) is 6.61 Å². The van der Waals surface area contributed by atoms with E-state index in [1.807, 2.05) is 31.2 Å². The number of hydrogen-bond donors (Lipinski definition) is 2. The zero-order chi connectivity index (χ0) is 17.5. The first-order valence-corrected chi connectivity index (χ1v) is 9.68. The molecule has 0 amide bonds. The number of aryl methyl sites for hydroxylation is 2. The van der Waals surface area contributed by atoms with Crippen LogP contribution in [0.5, 0.6) is 0 Å². The maximum Gasteiger partial charge on any atom is 0.183 e. The Morgan fingerprint density at radius 1 is 1.08 bits per heavy atom. The highest BCUT2D eigenvalue weighted by Gasteiger charge is 2.69. The minimum atomic E-state index is -3.60. The molecule has 0 spiro atoms. The van der Waals surface area contributed by atoms with E-state index in [4.69, 9.17) is 5.73 Å². The first-order chi connectivity index (χ1) is 11.3. The number of nitrogens with two attached hydrogens (primary N) is 1. The van der Waals surface area contributed by atoms with Gasteiger partial charge in [-0.3, -0.25) is 0 Å². The topological polar surface area (TPSA) is 80.4 Å². The van der Waals surface area contributed by atoms with Gasteiger partial charge in [0.05, 0.1) is 22.3 Å². The third-order valence-corrected chi connectivity index (χ3v) is 7.32. The van der Waals surface area contributed by atoms with Crippen molar-refractivity contribution in [2.45, 2.75) is 41.9 Å². The van der Waals surface area contributed by atoms with Crippen molar-refractivity contribution in [1.82, 2.24) is 0 Å². The van der Waals surface area contributed by atoms with Crippen LogP contribution in [0.3, 0.4) is 0 Å². The summed E-state index contributed by atoms with van der Waals surface area (Å²) in [5, 5.41) is 8.93. The molecule has 3 atom stereocenters. The molecule has 2 aromatic rings. The maximum absolute atomic E-state index is 13.0. The molecule has 1 aliphatic carbocycles. The van der Waals surface area contributed by atoms with Gasteiger partial charge in [-0.05, 0) is 36.6 Å². The number of aliphatic hydroxyl groups excluding tert-OH is 1. The van der Waals surface area contributed by atoms with Crippen LogP contribution in [0.15, 0.2) is 53.4 Å². The summed E-state index contributed by atoms with van der Waals surface area (Å²) in [4.78, 5) is 0.258. The highest BCUT2D eigenvalue weighted by molar-refractivity contribution is 7.92. The zero-order valence-electron chi connectivity index (χ0n) is 13.9. The summed E-state index contributed by atoms with van der Waals surface area (Å²) in [5.41, 5.74) is 8.18. The Kier molecular flexibility index (Phi) is 4.28.